The van der Waals surface area contributed by atoms with Gasteiger partial charge in [-0.3, -0.25) is 4.90 Å². The number of phenolic OH excluding ortho intramolecular Hbond substituents is 1. The monoisotopic (exact) mass is 529 g/mol. The van der Waals surface area contributed by atoms with Crippen molar-refractivity contribution < 1.29 is 33.6 Å². The Morgan fingerprint density at radius 2 is 1.79 bits per heavy atom. The molecule has 0 aliphatic carbocycles. The highest BCUT2D eigenvalue weighted by Gasteiger charge is 2.42. The number of hydrogen-bond donors (Lipinski definition) is 1. The lowest BCUT2D eigenvalue weighted by atomic mass is 9.94. The van der Waals surface area contributed by atoms with Crippen LogP contribution in [-0.4, -0.2) is 53.4 Å². The quantitative estimate of drug-likeness (QED) is 0.347. The summed E-state index contributed by atoms with van der Waals surface area (Å²) in [5, 5.41) is 11.0. The third-order valence-corrected chi connectivity index (χ3v) is 6.74. The van der Waals surface area contributed by atoms with E-state index in [2.05, 4.69) is 13.0 Å². The molecule has 1 fully saturated rings. The summed E-state index contributed by atoms with van der Waals surface area (Å²) in [6.07, 6.45) is 6.97. The van der Waals surface area contributed by atoms with E-state index in [0.717, 1.165) is 0 Å². The molecular weight excluding hydrogens is 486 g/mol. The Hall–Kier alpha value is -2.84. The molecule has 0 spiro atoms. The second-order valence-electron chi connectivity index (χ2n) is 11.6. The minimum atomic E-state index is -0.713. The number of carbonyl (C=O) groups is 2. The van der Waals surface area contributed by atoms with Crippen LogP contribution in [0.25, 0.3) is 6.08 Å². The number of carbonyl (C=O) groups excluding carboxylic acids is 2. The molecule has 1 aromatic carbocycles. The van der Waals surface area contributed by atoms with E-state index < -0.39 is 29.6 Å². The maximum atomic E-state index is 13.3. The van der Waals surface area contributed by atoms with Gasteiger partial charge in [-0.2, -0.15) is 0 Å². The van der Waals surface area contributed by atoms with Crippen molar-refractivity contribution in [2.24, 2.45) is 11.8 Å². The summed E-state index contributed by atoms with van der Waals surface area (Å²) in [4.78, 5) is 27.6. The van der Waals surface area contributed by atoms with Crippen LogP contribution in [0.1, 0.15) is 84.7 Å². The number of anilines is 1. The van der Waals surface area contributed by atoms with Crippen molar-refractivity contribution in [1.29, 1.82) is 0 Å². The molecule has 0 bridgehead atoms. The molecule has 1 aromatic rings. The number of fused-ring (bicyclic) bond motifs is 2. The van der Waals surface area contributed by atoms with Gasteiger partial charge in [-0.25, -0.2) is 9.59 Å². The smallest absolute Gasteiger partial charge is 0.414 e. The van der Waals surface area contributed by atoms with Gasteiger partial charge in [-0.15, -0.1) is 0 Å². The summed E-state index contributed by atoms with van der Waals surface area (Å²) in [6.45, 7) is 17.2. The molecule has 1 N–H and O–H groups in total. The number of cyclic esters (lactones) is 1. The standard InChI is InChI=1S/C30H43NO7/c1-10-31(28(34)38-29(5,6)7)22-16-21-12-11-13-24-26(37-30(8,9)36-24)19(3)15-14-18(2)20(4)35-27(33)25(21)23(32)17-22/h11-12,14-20,24,26,32H,10,13H2,1-9H3/b12-11+,15-14-/t18-,19?,20+,24+,26-/m1/s1. The maximum Gasteiger partial charge on any atom is 0.414 e. The Morgan fingerprint density at radius 1 is 1.13 bits per heavy atom. The van der Waals surface area contributed by atoms with Crippen LogP contribution in [0.4, 0.5) is 10.5 Å². The molecule has 1 unspecified atom stereocenters. The number of rotatable bonds is 2. The highest BCUT2D eigenvalue weighted by Crippen LogP contribution is 2.36. The molecule has 2 aliphatic heterocycles. The maximum absolute atomic E-state index is 13.3. The van der Waals surface area contributed by atoms with E-state index in [9.17, 15) is 14.7 Å². The molecule has 38 heavy (non-hydrogen) atoms. The van der Waals surface area contributed by atoms with Gasteiger partial charge in [0.2, 0.25) is 0 Å². The Kier molecular flexibility index (Phi) is 8.99. The molecule has 1 amide bonds. The van der Waals surface area contributed by atoms with Crippen molar-refractivity contribution in [1.82, 2.24) is 0 Å². The number of nitrogens with zero attached hydrogens (tertiary/aromatic N) is 1. The molecule has 8 nitrogen and oxygen atoms in total. The van der Waals surface area contributed by atoms with Crippen LogP contribution in [0.15, 0.2) is 30.4 Å². The predicted molar refractivity (Wildman–Crippen MR) is 147 cm³/mol. The zero-order chi connectivity index (χ0) is 28.4. The molecule has 0 saturated carbocycles. The van der Waals surface area contributed by atoms with Gasteiger partial charge in [0, 0.05) is 24.4 Å². The van der Waals surface area contributed by atoms with Crippen LogP contribution in [0, 0.1) is 11.8 Å². The summed E-state index contributed by atoms with van der Waals surface area (Å²) in [7, 11) is 0. The first-order chi connectivity index (χ1) is 17.6. The van der Waals surface area contributed by atoms with Gasteiger partial charge in [0.25, 0.3) is 0 Å². The van der Waals surface area contributed by atoms with Crippen LogP contribution in [0.3, 0.4) is 0 Å². The van der Waals surface area contributed by atoms with Gasteiger partial charge in [-0.05, 0) is 66.5 Å². The molecule has 3 rings (SSSR count). The van der Waals surface area contributed by atoms with Gasteiger partial charge >= 0.3 is 12.1 Å². The Morgan fingerprint density at radius 3 is 2.42 bits per heavy atom. The normalized spacial score (nSPS) is 29.3. The molecule has 1 saturated heterocycles. The van der Waals surface area contributed by atoms with E-state index in [1.54, 1.807) is 32.9 Å². The van der Waals surface area contributed by atoms with Gasteiger partial charge in [0.15, 0.2) is 5.79 Å². The van der Waals surface area contributed by atoms with Crippen LogP contribution in [-0.2, 0) is 18.9 Å². The van der Waals surface area contributed by atoms with E-state index in [1.165, 1.54) is 11.0 Å². The topological polar surface area (TPSA) is 94.5 Å². The van der Waals surface area contributed by atoms with Gasteiger partial charge in [0.1, 0.15) is 23.0 Å². The lowest BCUT2D eigenvalue weighted by Gasteiger charge is -2.27. The van der Waals surface area contributed by atoms with E-state index in [1.807, 2.05) is 46.8 Å². The number of amides is 1. The molecule has 8 heteroatoms. The highest BCUT2D eigenvalue weighted by atomic mass is 16.8. The Bertz CT molecular complexity index is 1080. The largest absolute Gasteiger partial charge is 0.507 e. The van der Waals surface area contributed by atoms with Crippen LogP contribution >= 0.6 is 0 Å². The molecule has 2 aliphatic rings. The lowest BCUT2D eigenvalue weighted by Crippen LogP contribution is -2.36. The Labute approximate surface area is 226 Å². The molecule has 0 aromatic heterocycles. The summed E-state index contributed by atoms with van der Waals surface area (Å²) in [5.41, 5.74) is 0.200. The fraction of sp³-hybridized carbons (Fsp3) is 0.600. The van der Waals surface area contributed by atoms with Crippen molar-refractivity contribution in [2.45, 2.75) is 98.4 Å². The average Bonchev–Trinajstić information content (AvgIpc) is 3.09. The zero-order valence-corrected chi connectivity index (χ0v) is 24.1. The molecule has 2 heterocycles. The highest BCUT2D eigenvalue weighted by molar-refractivity contribution is 5.99. The first-order valence-corrected chi connectivity index (χ1v) is 13.4. The molecule has 0 radical (unpaired) electrons. The number of aromatic hydroxyl groups is 1. The van der Waals surface area contributed by atoms with E-state index in [0.29, 0.717) is 24.2 Å². The fourth-order valence-electron chi connectivity index (χ4n) is 4.65. The van der Waals surface area contributed by atoms with Crippen LogP contribution in [0.2, 0.25) is 0 Å². The molecular formula is C30H43NO7. The van der Waals surface area contributed by atoms with Crippen molar-refractivity contribution in [3.63, 3.8) is 0 Å². The second-order valence-corrected chi connectivity index (χ2v) is 11.6. The minimum absolute atomic E-state index is 0.0409. The van der Waals surface area contributed by atoms with Gasteiger partial charge in [0.05, 0.1) is 17.9 Å². The first kappa shape index (κ1) is 29.7. The predicted octanol–water partition coefficient (Wildman–Crippen LogP) is 6.46. The summed E-state index contributed by atoms with van der Waals surface area (Å²) < 4.78 is 23.7. The number of benzene rings is 1. The fourth-order valence-corrected chi connectivity index (χ4v) is 4.65. The SMILES string of the molecule is CCN(C(=O)OC(C)(C)C)c1cc(O)c2c(c1)/C=C/C[C@@H]1OC(C)(C)O[C@@H]1C(C)/C=C\[C@@H](C)[C@H](C)OC2=O. The third kappa shape index (κ3) is 7.17. The third-order valence-electron chi connectivity index (χ3n) is 6.74. The van der Waals surface area contributed by atoms with E-state index in [4.69, 9.17) is 18.9 Å². The minimum Gasteiger partial charge on any atom is -0.507 e. The number of ether oxygens (including phenoxy) is 4. The summed E-state index contributed by atoms with van der Waals surface area (Å²) in [6, 6.07) is 3.09. The van der Waals surface area contributed by atoms with Crippen LogP contribution in [0.5, 0.6) is 5.75 Å². The lowest BCUT2D eigenvalue weighted by molar-refractivity contribution is -0.148. The van der Waals surface area contributed by atoms with E-state index in [-0.39, 0.29) is 35.4 Å². The van der Waals surface area contributed by atoms with Gasteiger partial charge < -0.3 is 24.1 Å². The van der Waals surface area contributed by atoms with Crippen LogP contribution < -0.4 is 4.90 Å². The van der Waals surface area contributed by atoms with Gasteiger partial charge in [-0.1, -0.05) is 38.2 Å². The zero-order valence-electron chi connectivity index (χ0n) is 24.1. The molecule has 5 atom stereocenters. The summed E-state index contributed by atoms with van der Waals surface area (Å²) in [5.74, 6) is -1.61. The van der Waals surface area contributed by atoms with Crippen molar-refractivity contribution >= 4 is 23.8 Å². The first-order valence-electron chi connectivity index (χ1n) is 13.4. The summed E-state index contributed by atoms with van der Waals surface area (Å²) >= 11 is 0. The van der Waals surface area contributed by atoms with Crippen molar-refractivity contribution in [3.05, 3.63) is 41.5 Å². The molecule has 210 valence electrons. The van der Waals surface area contributed by atoms with E-state index >= 15 is 0 Å². The Balaban J connectivity index is 2.07. The number of hydrogen-bond acceptors (Lipinski definition) is 7. The number of esters is 1. The number of phenols is 1. The van der Waals surface area contributed by atoms with Crippen molar-refractivity contribution in [3.8, 4) is 5.75 Å². The average molecular weight is 530 g/mol. The van der Waals surface area contributed by atoms with Crippen molar-refractivity contribution in [2.75, 3.05) is 11.4 Å². The second kappa shape index (κ2) is 11.5.